The molecule has 4 N–H and O–H groups in total. The van der Waals surface area contributed by atoms with Crippen molar-refractivity contribution >= 4 is 71.1 Å². The van der Waals surface area contributed by atoms with Crippen LogP contribution in [0.1, 0.15) is 178 Å². The predicted molar refractivity (Wildman–Crippen MR) is 360 cm³/mol. The van der Waals surface area contributed by atoms with Crippen molar-refractivity contribution in [2.75, 3.05) is 63.0 Å². The van der Waals surface area contributed by atoms with E-state index in [1.54, 1.807) is 69.2 Å². The molecule has 25 heteroatoms. The van der Waals surface area contributed by atoms with Crippen LogP contribution in [-0.4, -0.2) is 234 Å². The molecule has 0 spiro atoms. The van der Waals surface area contributed by atoms with Crippen LogP contribution in [0.4, 0.5) is 4.79 Å². The number of carbonyl (C=O) groups is 12. The fraction of sp³-hybridized carbons (Fsp3) is 0.794. The average Bonchev–Trinajstić information content (AvgIpc) is 0.810. The predicted octanol–water partition coefficient (Wildman–Crippen LogP) is 5.72. The van der Waals surface area contributed by atoms with Gasteiger partial charge in [0.15, 0.2) is 0 Å². The molecule has 0 aromatic carbocycles. The lowest BCUT2D eigenvalue weighted by Gasteiger charge is -2.42. The molecule has 11 amide bonds. The number of allylic oxidation sites excluding steroid dienone is 2. The molecule has 0 radical (unpaired) electrons. The van der Waals surface area contributed by atoms with Gasteiger partial charge in [-0.05, 0) is 121 Å². The molecule has 0 rings (SSSR count). The lowest BCUT2D eigenvalue weighted by atomic mass is 9.84. The lowest BCUT2D eigenvalue weighted by Crippen LogP contribution is -2.62. The van der Waals surface area contributed by atoms with Crippen molar-refractivity contribution in [3.63, 3.8) is 0 Å². The van der Waals surface area contributed by atoms with E-state index in [-0.39, 0.29) is 61.8 Å². The van der Waals surface area contributed by atoms with Crippen molar-refractivity contribution in [3.8, 4) is 0 Å². The number of ether oxygens (including phenoxy) is 2. The number of hydrogen-bond acceptors (Lipinski definition) is 14. The molecule has 0 bridgehead atoms. The van der Waals surface area contributed by atoms with Gasteiger partial charge >= 0.3 is 12.1 Å². The number of nitrogens with zero attached hydrogens (tertiary/aromatic N) is 7. The SMILES string of the molecule is C/C=C/C[C@@H](C)[C@@H](C)[C@@H](C(=O)N[C@@H](CC)C(=O)N(C)CC(=O)OC)N(C)C(=O)[C@H](C(C)C)N(C)C(=O)[C@H](CC(C)C)N(C)C(=O)[C@H](CC(C)C)N(C)C(=O)[C@@H](C)NC(=O)[C@H](C)NC(=O)[C@H](CC(C)C)N(C)C(=O)[C@@H](NC(=O)[C@H](C(C)C)N(C)C(=O)OC(C)(C)C)C(C)C. The number of likely N-dealkylation sites (N-methyl/N-ethyl adjacent to an activating group) is 7. The standard InChI is InChI=1S/C68H123N11O14/c1-30-32-33-44(15)45(16)56(60(84)71-48(31-2)62(86)73(22)37-52(80)92-29)78(27)66(90)55(43(13)14)77(26)64(88)51(36-40(7)8)76(25)63(87)50(35-39(5)6)75(24)61(85)47(18)70-57(81)46(17)69-58(82)49(34-38(3)4)74(23)65(89)53(41(9)10)72-59(83)54(42(11)12)79(28)67(91)93-68(19,20)21/h30,32,38-51,53-56H,31,33-37H2,1-29H3,(H,69,82)(H,70,81)(H,71,84)(H,72,83)/b32-30+/t44-,45-,46+,47-,48+,49+,50+,51+,53+,54+,55+,56+/m1/s1. The molecule has 25 nitrogen and oxygen atoms in total. The third-order valence-corrected chi connectivity index (χ3v) is 16.9. The molecule has 12 atom stereocenters. The molecule has 0 aliphatic rings. The number of hydrogen-bond donors (Lipinski definition) is 4. The van der Waals surface area contributed by atoms with Gasteiger partial charge in [-0.3, -0.25) is 57.6 Å². The van der Waals surface area contributed by atoms with Gasteiger partial charge in [0.1, 0.15) is 72.6 Å². The zero-order valence-electron chi connectivity index (χ0n) is 62.1. The Morgan fingerprint density at radius 3 is 1.31 bits per heavy atom. The maximum atomic E-state index is 15.2. The summed E-state index contributed by atoms with van der Waals surface area (Å²) in [5.74, 6) is -9.07. The van der Waals surface area contributed by atoms with Crippen molar-refractivity contribution in [1.82, 2.24) is 55.6 Å². The fourth-order valence-corrected chi connectivity index (χ4v) is 11.2. The first kappa shape index (κ1) is 86.2. The highest BCUT2D eigenvalue weighted by molar-refractivity contribution is 5.99. The maximum Gasteiger partial charge on any atom is 0.410 e. The summed E-state index contributed by atoms with van der Waals surface area (Å²) < 4.78 is 10.3. The molecule has 0 aliphatic carbocycles. The van der Waals surface area contributed by atoms with Crippen LogP contribution >= 0.6 is 0 Å². The Balaban J connectivity index is 7.01. The van der Waals surface area contributed by atoms with Crippen LogP contribution in [0.2, 0.25) is 0 Å². The molecule has 0 unspecified atom stereocenters. The van der Waals surface area contributed by atoms with Gasteiger partial charge in [0.25, 0.3) is 0 Å². The number of amides is 11. The van der Waals surface area contributed by atoms with Crippen LogP contribution in [0.3, 0.4) is 0 Å². The Bertz CT molecular complexity index is 2550. The zero-order chi connectivity index (χ0) is 72.8. The minimum absolute atomic E-state index is 0.117. The monoisotopic (exact) mass is 1320 g/mol. The van der Waals surface area contributed by atoms with E-state index in [0.29, 0.717) is 6.42 Å². The quantitative estimate of drug-likeness (QED) is 0.0431. The molecule has 0 fully saturated rings. The van der Waals surface area contributed by atoms with E-state index in [1.165, 1.54) is 99.7 Å². The van der Waals surface area contributed by atoms with E-state index in [9.17, 15) is 43.2 Å². The summed E-state index contributed by atoms with van der Waals surface area (Å²) in [6.07, 6.45) is 4.38. The Hall–Kier alpha value is -6.82. The van der Waals surface area contributed by atoms with Crippen molar-refractivity contribution in [3.05, 3.63) is 12.2 Å². The number of esters is 1. The number of nitrogens with one attached hydrogen (secondary N) is 4. The summed E-state index contributed by atoms with van der Waals surface area (Å²) in [5.41, 5.74) is -0.826. The smallest absolute Gasteiger partial charge is 0.410 e. The molecule has 0 aromatic heterocycles. The van der Waals surface area contributed by atoms with Crippen molar-refractivity contribution < 1.29 is 67.0 Å². The van der Waals surface area contributed by atoms with Gasteiger partial charge in [-0.2, -0.15) is 0 Å². The van der Waals surface area contributed by atoms with E-state index in [1.807, 2.05) is 74.5 Å². The van der Waals surface area contributed by atoms with Gasteiger partial charge in [-0.15, -0.1) is 0 Å². The average molecular weight is 1320 g/mol. The summed E-state index contributed by atoms with van der Waals surface area (Å²) in [6.45, 7) is 36.9. The lowest BCUT2D eigenvalue weighted by molar-refractivity contribution is -0.156. The number of carbonyl (C=O) groups excluding carboxylic acids is 12. The highest BCUT2D eigenvalue weighted by atomic mass is 16.6. The summed E-state index contributed by atoms with van der Waals surface area (Å²) in [5, 5.41) is 11.1. The Labute approximate surface area is 557 Å². The van der Waals surface area contributed by atoms with Gasteiger partial charge in [-0.1, -0.05) is 116 Å². The largest absolute Gasteiger partial charge is 0.468 e. The second-order valence-corrected chi connectivity index (χ2v) is 28.7. The summed E-state index contributed by atoms with van der Waals surface area (Å²) >= 11 is 0. The van der Waals surface area contributed by atoms with Crippen molar-refractivity contribution in [2.45, 2.75) is 244 Å². The van der Waals surface area contributed by atoms with E-state index < -0.39 is 155 Å². The van der Waals surface area contributed by atoms with E-state index >= 15 is 14.4 Å². The minimum atomic E-state index is -1.24. The van der Waals surface area contributed by atoms with Crippen LogP contribution < -0.4 is 21.3 Å². The zero-order valence-corrected chi connectivity index (χ0v) is 62.1. The van der Waals surface area contributed by atoms with Gasteiger partial charge in [0, 0.05) is 49.3 Å². The molecule has 534 valence electrons. The third kappa shape index (κ3) is 26.1. The Kier molecular flexibility index (Phi) is 36.3. The molecular weight excluding hydrogens is 1190 g/mol. The first-order chi connectivity index (χ1) is 42.7. The summed E-state index contributed by atoms with van der Waals surface area (Å²) in [7, 11) is 11.4. The Morgan fingerprint density at radius 1 is 0.452 bits per heavy atom. The molecule has 0 aliphatic heterocycles. The Morgan fingerprint density at radius 2 is 0.882 bits per heavy atom. The number of methoxy groups -OCH3 is 1. The summed E-state index contributed by atoms with van der Waals surface area (Å²) in [6, 6.07) is -11.3. The second-order valence-electron chi connectivity index (χ2n) is 28.7. The first-order valence-corrected chi connectivity index (χ1v) is 33.1. The minimum Gasteiger partial charge on any atom is -0.468 e. The van der Waals surface area contributed by atoms with Crippen LogP contribution in [0.15, 0.2) is 12.2 Å². The molecule has 0 heterocycles. The third-order valence-electron chi connectivity index (χ3n) is 16.9. The van der Waals surface area contributed by atoms with E-state index in [0.717, 1.165) is 4.90 Å². The molecule has 0 saturated carbocycles. The van der Waals surface area contributed by atoms with Crippen molar-refractivity contribution in [2.24, 2.45) is 47.3 Å². The van der Waals surface area contributed by atoms with Crippen molar-refractivity contribution in [1.29, 1.82) is 0 Å². The van der Waals surface area contributed by atoms with E-state index in [2.05, 4.69) is 21.3 Å². The van der Waals surface area contributed by atoms with E-state index in [4.69, 9.17) is 9.47 Å². The van der Waals surface area contributed by atoms with Crippen LogP contribution in [0, 0.1) is 47.3 Å². The highest BCUT2D eigenvalue weighted by Crippen LogP contribution is 2.28. The normalized spacial score (nSPS) is 15.7. The second kappa shape index (κ2) is 39.1. The van der Waals surface area contributed by atoms with Gasteiger partial charge in [-0.25, -0.2) is 4.79 Å². The summed E-state index contributed by atoms with van der Waals surface area (Å²) in [4.78, 5) is 178. The van der Waals surface area contributed by atoms with Gasteiger partial charge < -0.3 is 60.1 Å². The van der Waals surface area contributed by atoms with Crippen LogP contribution in [0.25, 0.3) is 0 Å². The molecule has 0 saturated heterocycles. The van der Waals surface area contributed by atoms with Gasteiger partial charge in [0.2, 0.25) is 59.1 Å². The fourth-order valence-electron chi connectivity index (χ4n) is 11.2. The molecular formula is C68H123N11O14. The van der Waals surface area contributed by atoms with Gasteiger partial charge in [0.05, 0.1) is 7.11 Å². The number of rotatable bonds is 36. The highest BCUT2D eigenvalue weighted by Gasteiger charge is 2.45. The maximum absolute atomic E-state index is 15.2. The van der Waals surface area contributed by atoms with Crippen LogP contribution in [0.5, 0.6) is 0 Å². The topological polar surface area (TPSA) is 294 Å². The molecule has 0 aromatic rings. The van der Waals surface area contributed by atoms with Crippen LogP contribution in [-0.2, 0) is 62.2 Å². The first-order valence-electron chi connectivity index (χ1n) is 33.1. The molecule has 93 heavy (non-hydrogen) atoms.